The lowest BCUT2D eigenvalue weighted by atomic mass is 9.96. The number of nitrogens with zero attached hydrogens (tertiary/aromatic N) is 2. The molecule has 2 aromatic rings. The molecule has 0 aromatic carbocycles. The van der Waals surface area contributed by atoms with Gasteiger partial charge in [-0.2, -0.15) is 0 Å². The van der Waals surface area contributed by atoms with Crippen LogP contribution in [0, 0.1) is 6.92 Å². The molecule has 0 amide bonds. The van der Waals surface area contributed by atoms with Crippen LogP contribution >= 0.6 is 0 Å². The average Bonchev–Trinajstić information content (AvgIpc) is 2.86. The van der Waals surface area contributed by atoms with E-state index in [0.717, 1.165) is 36.4 Å². The molecule has 0 aliphatic carbocycles. The summed E-state index contributed by atoms with van der Waals surface area (Å²) >= 11 is 0. The van der Waals surface area contributed by atoms with E-state index in [9.17, 15) is 0 Å². The van der Waals surface area contributed by atoms with Crippen LogP contribution in [0.25, 0.3) is 6.08 Å². The van der Waals surface area contributed by atoms with E-state index < -0.39 is 0 Å². The Bertz CT molecular complexity index is 620. The molecule has 1 aliphatic heterocycles. The molecule has 3 heterocycles. The summed E-state index contributed by atoms with van der Waals surface area (Å²) < 4.78 is 0. The molecule has 0 saturated carbocycles. The van der Waals surface area contributed by atoms with Gasteiger partial charge in [-0.05, 0) is 55.7 Å². The molecule has 0 saturated heterocycles. The van der Waals surface area contributed by atoms with Crippen molar-refractivity contribution in [3.8, 4) is 0 Å². The minimum atomic E-state index is 0.908. The standard InChI is InChI=1S/C16H17N3/c1-12-6-7-15(19-12)10-13-4-3-9-18-16(13)14-5-2-8-17-11-14/h2,5-8,10-11,19H,3-4,9H2,1H3. The molecule has 96 valence electrons. The van der Waals surface area contributed by atoms with Crippen LogP contribution in [0.3, 0.4) is 0 Å². The van der Waals surface area contributed by atoms with Gasteiger partial charge in [0.25, 0.3) is 0 Å². The molecule has 2 aromatic heterocycles. The van der Waals surface area contributed by atoms with Crippen molar-refractivity contribution < 1.29 is 0 Å². The second-order valence-corrected chi connectivity index (χ2v) is 4.84. The van der Waals surface area contributed by atoms with Gasteiger partial charge < -0.3 is 4.98 Å². The fourth-order valence-corrected chi connectivity index (χ4v) is 2.40. The first kappa shape index (κ1) is 11.9. The predicted octanol–water partition coefficient (Wildman–Crippen LogP) is 3.38. The van der Waals surface area contributed by atoms with Gasteiger partial charge in [0.05, 0.1) is 5.71 Å². The first-order valence-electron chi connectivity index (χ1n) is 6.64. The zero-order chi connectivity index (χ0) is 13.1. The van der Waals surface area contributed by atoms with Gasteiger partial charge in [0.1, 0.15) is 0 Å². The van der Waals surface area contributed by atoms with Crippen molar-refractivity contribution in [2.75, 3.05) is 6.54 Å². The summed E-state index contributed by atoms with van der Waals surface area (Å²) in [4.78, 5) is 12.2. The van der Waals surface area contributed by atoms with Gasteiger partial charge in [-0.25, -0.2) is 0 Å². The van der Waals surface area contributed by atoms with Crippen LogP contribution < -0.4 is 0 Å². The van der Waals surface area contributed by atoms with Crippen molar-refractivity contribution in [1.29, 1.82) is 0 Å². The number of H-pyrrole nitrogens is 1. The Kier molecular flexibility index (Phi) is 3.27. The maximum Gasteiger partial charge on any atom is 0.0694 e. The largest absolute Gasteiger partial charge is 0.359 e. The van der Waals surface area contributed by atoms with Gasteiger partial charge >= 0.3 is 0 Å². The predicted molar refractivity (Wildman–Crippen MR) is 78.4 cm³/mol. The van der Waals surface area contributed by atoms with Crippen molar-refractivity contribution in [2.24, 2.45) is 4.99 Å². The molecule has 1 aliphatic rings. The summed E-state index contributed by atoms with van der Waals surface area (Å²) in [6.07, 6.45) is 8.08. The van der Waals surface area contributed by atoms with Crippen LogP contribution in [0.1, 0.15) is 29.8 Å². The van der Waals surface area contributed by atoms with Crippen LogP contribution in [0.4, 0.5) is 0 Å². The lowest BCUT2D eigenvalue weighted by molar-refractivity contribution is 0.818. The minimum Gasteiger partial charge on any atom is -0.359 e. The first-order valence-corrected chi connectivity index (χ1v) is 6.64. The Morgan fingerprint density at radius 2 is 2.21 bits per heavy atom. The number of aromatic amines is 1. The number of aliphatic imine (C=N–C) groups is 1. The molecule has 3 rings (SSSR count). The molecule has 0 bridgehead atoms. The Balaban J connectivity index is 1.98. The van der Waals surface area contributed by atoms with E-state index in [1.807, 2.05) is 12.3 Å². The molecule has 0 atom stereocenters. The van der Waals surface area contributed by atoms with Crippen molar-refractivity contribution >= 4 is 11.8 Å². The van der Waals surface area contributed by atoms with Crippen LogP contribution in [0.2, 0.25) is 0 Å². The number of aryl methyl sites for hydroxylation is 1. The van der Waals surface area contributed by atoms with Gasteiger partial charge in [-0.15, -0.1) is 0 Å². The first-order chi connectivity index (χ1) is 9.33. The van der Waals surface area contributed by atoms with Gasteiger partial charge in [-0.1, -0.05) is 0 Å². The summed E-state index contributed by atoms with van der Waals surface area (Å²) in [6, 6.07) is 8.24. The fraction of sp³-hybridized carbons (Fsp3) is 0.250. The van der Waals surface area contributed by atoms with Crippen molar-refractivity contribution in [1.82, 2.24) is 9.97 Å². The van der Waals surface area contributed by atoms with Crippen molar-refractivity contribution in [2.45, 2.75) is 19.8 Å². The number of pyridine rings is 1. The van der Waals surface area contributed by atoms with E-state index in [0.29, 0.717) is 0 Å². The number of allylic oxidation sites excluding steroid dienone is 1. The molecule has 1 N–H and O–H groups in total. The Hall–Kier alpha value is -2.16. The van der Waals surface area contributed by atoms with E-state index in [-0.39, 0.29) is 0 Å². The normalized spacial score (nSPS) is 17.5. The monoisotopic (exact) mass is 251 g/mol. The summed E-state index contributed by atoms with van der Waals surface area (Å²) in [5.41, 5.74) is 5.82. The second-order valence-electron chi connectivity index (χ2n) is 4.84. The Morgan fingerprint density at radius 3 is 2.95 bits per heavy atom. The third kappa shape index (κ3) is 2.65. The third-order valence-electron chi connectivity index (χ3n) is 3.30. The number of hydrogen-bond donors (Lipinski definition) is 1. The van der Waals surface area contributed by atoms with Crippen LogP contribution in [-0.2, 0) is 0 Å². The summed E-state index contributed by atoms with van der Waals surface area (Å²) in [5.74, 6) is 0. The molecule has 3 nitrogen and oxygen atoms in total. The SMILES string of the molecule is Cc1ccc(C=C2CCCN=C2c2cccnc2)[nH]1. The second kappa shape index (κ2) is 5.22. The zero-order valence-corrected chi connectivity index (χ0v) is 11.1. The van der Waals surface area contributed by atoms with Gasteiger partial charge in [0, 0.05) is 35.9 Å². The molecule has 0 fully saturated rings. The Labute approximate surface area is 113 Å². The van der Waals surface area contributed by atoms with E-state index >= 15 is 0 Å². The van der Waals surface area contributed by atoms with Crippen LogP contribution in [-0.4, -0.2) is 22.2 Å². The third-order valence-corrected chi connectivity index (χ3v) is 3.30. The molecular formula is C16H17N3. The summed E-state index contributed by atoms with van der Waals surface area (Å²) in [5, 5.41) is 0. The average molecular weight is 251 g/mol. The maximum absolute atomic E-state index is 4.68. The summed E-state index contributed by atoms with van der Waals surface area (Å²) in [6.45, 7) is 2.98. The molecule has 0 spiro atoms. The molecule has 3 heteroatoms. The number of nitrogens with one attached hydrogen (secondary N) is 1. The van der Waals surface area contributed by atoms with E-state index in [1.165, 1.54) is 11.3 Å². The lowest BCUT2D eigenvalue weighted by Gasteiger charge is -2.16. The van der Waals surface area contributed by atoms with Crippen molar-refractivity contribution in [3.05, 3.63) is 59.2 Å². The van der Waals surface area contributed by atoms with Crippen molar-refractivity contribution in [3.63, 3.8) is 0 Å². The quantitative estimate of drug-likeness (QED) is 0.873. The highest BCUT2D eigenvalue weighted by Gasteiger charge is 2.14. The number of hydrogen-bond acceptors (Lipinski definition) is 2. The van der Waals surface area contributed by atoms with E-state index in [2.05, 4.69) is 46.2 Å². The summed E-state index contributed by atoms with van der Waals surface area (Å²) in [7, 11) is 0. The van der Waals surface area contributed by atoms with Crippen LogP contribution in [0.5, 0.6) is 0 Å². The number of rotatable bonds is 2. The van der Waals surface area contributed by atoms with Gasteiger partial charge in [0.2, 0.25) is 0 Å². The van der Waals surface area contributed by atoms with Gasteiger partial charge in [-0.3, -0.25) is 9.98 Å². The maximum atomic E-state index is 4.68. The molecule has 19 heavy (non-hydrogen) atoms. The zero-order valence-electron chi connectivity index (χ0n) is 11.1. The highest BCUT2D eigenvalue weighted by atomic mass is 14.8. The highest BCUT2D eigenvalue weighted by molar-refractivity contribution is 6.15. The minimum absolute atomic E-state index is 0.908. The number of aromatic nitrogens is 2. The lowest BCUT2D eigenvalue weighted by Crippen LogP contribution is -2.11. The molecule has 0 radical (unpaired) electrons. The van der Waals surface area contributed by atoms with E-state index in [1.54, 1.807) is 6.20 Å². The van der Waals surface area contributed by atoms with Gasteiger partial charge in [0.15, 0.2) is 0 Å². The smallest absolute Gasteiger partial charge is 0.0694 e. The topological polar surface area (TPSA) is 41.0 Å². The Morgan fingerprint density at radius 1 is 1.26 bits per heavy atom. The highest BCUT2D eigenvalue weighted by Crippen LogP contribution is 2.21. The van der Waals surface area contributed by atoms with E-state index in [4.69, 9.17) is 0 Å². The molecular weight excluding hydrogens is 234 g/mol. The molecule has 0 unspecified atom stereocenters. The van der Waals surface area contributed by atoms with Crippen LogP contribution in [0.15, 0.2) is 47.2 Å². The fourth-order valence-electron chi connectivity index (χ4n) is 2.40.